The van der Waals surface area contributed by atoms with Crippen molar-refractivity contribution in [3.05, 3.63) is 59.9 Å². The van der Waals surface area contributed by atoms with E-state index in [2.05, 4.69) is 10.3 Å². The molecule has 2 rings (SSSR count). The number of aromatic carboxylic acids is 1. The lowest BCUT2D eigenvalue weighted by Gasteiger charge is -2.17. The van der Waals surface area contributed by atoms with Crippen LogP contribution in [0.25, 0.3) is 0 Å². The van der Waals surface area contributed by atoms with Crippen molar-refractivity contribution in [2.45, 2.75) is 19.1 Å². The van der Waals surface area contributed by atoms with Crippen LogP contribution in [0.3, 0.4) is 0 Å². The van der Waals surface area contributed by atoms with E-state index >= 15 is 0 Å². The van der Waals surface area contributed by atoms with Gasteiger partial charge < -0.3 is 20.5 Å². The molecule has 0 aliphatic heterocycles. The van der Waals surface area contributed by atoms with Gasteiger partial charge in [0.1, 0.15) is 5.69 Å². The minimum atomic E-state index is -0.921. The van der Waals surface area contributed by atoms with E-state index in [-0.39, 0.29) is 11.7 Å². The number of aromatic amines is 1. The summed E-state index contributed by atoms with van der Waals surface area (Å²) >= 11 is 0. The smallest absolute Gasteiger partial charge is 0.352 e. The zero-order chi connectivity index (χ0) is 15.0. The third kappa shape index (κ3) is 4.87. The van der Waals surface area contributed by atoms with Crippen LogP contribution in [0.5, 0.6) is 0 Å². The predicted molar refractivity (Wildman–Crippen MR) is 77.7 cm³/mol. The summed E-state index contributed by atoms with van der Waals surface area (Å²) in [4.78, 5) is 12.6. The number of carboxylic acids is 1. The van der Waals surface area contributed by atoms with E-state index in [9.17, 15) is 9.90 Å². The van der Waals surface area contributed by atoms with Crippen LogP contribution in [0.1, 0.15) is 29.1 Å². The molecule has 0 amide bonds. The molecular weight excluding hydrogens is 256 g/mol. The molecule has 1 aromatic carbocycles. The summed E-state index contributed by atoms with van der Waals surface area (Å²) in [6, 6.07) is 12.9. The normalized spacial score (nSPS) is 12.9. The number of likely N-dealkylation sites (N-methyl/N-ethyl adjacent to an activating group) is 1. The van der Waals surface area contributed by atoms with Gasteiger partial charge in [-0.1, -0.05) is 30.3 Å². The van der Waals surface area contributed by atoms with E-state index in [4.69, 9.17) is 5.11 Å². The fourth-order valence-electron chi connectivity index (χ4n) is 1.56. The second-order valence-electron chi connectivity index (χ2n) is 4.32. The summed E-state index contributed by atoms with van der Waals surface area (Å²) in [5.74, 6) is -0.921. The SMILES string of the molecule is CNC(C)C(O)c1ccccc1.O=C(O)c1ccc[nH]1. The number of rotatable bonds is 4. The molecule has 2 aromatic rings. The van der Waals surface area contributed by atoms with Crippen LogP contribution in [-0.4, -0.2) is 34.3 Å². The predicted octanol–water partition coefficient (Wildman–Crippen LogP) is 2.04. The molecule has 0 saturated carbocycles. The topological polar surface area (TPSA) is 85.3 Å². The van der Waals surface area contributed by atoms with E-state index in [0.717, 1.165) is 5.56 Å². The van der Waals surface area contributed by atoms with E-state index in [1.807, 2.05) is 44.3 Å². The Bertz CT molecular complexity index is 497. The molecule has 5 nitrogen and oxygen atoms in total. The lowest BCUT2D eigenvalue weighted by molar-refractivity contribution is 0.0691. The highest BCUT2D eigenvalue weighted by Gasteiger charge is 2.12. The third-order valence-electron chi connectivity index (χ3n) is 2.90. The number of hydrogen-bond acceptors (Lipinski definition) is 3. The maximum absolute atomic E-state index is 10.0. The average molecular weight is 276 g/mol. The first-order valence-corrected chi connectivity index (χ1v) is 6.33. The Morgan fingerprint density at radius 3 is 2.25 bits per heavy atom. The number of aromatic nitrogens is 1. The van der Waals surface area contributed by atoms with Crippen LogP contribution in [-0.2, 0) is 0 Å². The van der Waals surface area contributed by atoms with E-state index in [0.29, 0.717) is 0 Å². The van der Waals surface area contributed by atoms with Gasteiger partial charge in [-0.25, -0.2) is 4.79 Å². The van der Waals surface area contributed by atoms with Crippen molar-refractivity contribution in [3.8, 4) is 0 Å². The molecule has 0 aliphatic rings. The number of benzene rings is 1. The van der Waals surface area contributed by atoms with Crippen molar-refractivity contribution in [1.82, 2.24) is 10.3 Å². The Kier molecular flexibility index (Phi) is 6.49. The quantitative estimate of drug-likeness (QED) is 0.688. The lowest BCUT2D eigenvalue weighted by atomic mass is 10.0. The Labute approximate surface area is 118 Å². The van der Waals surface area contributed by atoms with Gasteiger partial charge in [0.2, 0.25) is 0 Å². The standard InChI is InChI=1S/C10H15NO.C5H5NO2/c1-8(11-2)10(12)9-6-4-3-5-7-9;7-5(8)4-2-1-3-6-4/h3-8,10-12H,1-2H3;1-3,6H,(H,7,8). The van der Waals surface area contributed by atoms with Gasteiger partial charge in [-0.3, -0.25) is 0 Å². The van der Waals surface area contributed by atoms with Crippen LogP contribution < -0.4 is 5.32 Å². The summed E-state index contributed by atoms with van der Waals surface area (Å²) in [7, 11) is 1.84. The highest BCUT2D eigenvalue weighted by molar-refractivity contribution is 5.85. The molecule has 0 fully saturated rings. The van der Waals surface area contributed by atoms with Gasteiger partial charge in [0.05, 0.1) is 6.10 Å². The molecule has 1 aromatic heterocycles. The maximum Gasteiger partial charge on any atom is 0.352 e. The van der Waals surface area contributed by atoms with Gasteiger partial charge in [0.25, 0.3) is 0 Å². The van der Waals surface area contributed by atoms with Crippen molar-refractivity contribution in [3.63, 3.8) is 0 Å². The minimum absolute atomic E-state index is 0.0902. The fourth-order valence-corrected chi connectivity index (χ4v) is 1.56. The van der Waals surface area contributed by atoms with Crippen molar-refractivity contribution in [2.75, 3.05) is 7.05 Å². The first kappa shape index (κ1) is 15.9. The number of aliphatic hydroxyl groups is 1. The Morgan fingerprint density at radius 1 is 1.20 bits per heavy atom. The fraction of sp³-hybridized carbons (Fsp3) is 0.267. The molecule has 108 valence electrons. The van der Waals surface area contributed by atoms with Crippen molar-refractivity contribution in [1.29, 1.82) is 0 Å². The summed E-state index contributed by atoms with van der Waals surface area (Å²) < 4.78 is 0. The number of nitrogens with one attached hydrogen (secondary N) is 2. The van der Waals surface area contributed by atoms with Crippen molar-refractivity contribution >= 4 is 5.97 Å². The highest BCUT2D eigenvalue weighted by Crippen LogP contribution is 2.15. The van der Waals surface area contributed by atoms with Crippen LogP contribution in [0, 0.1) is 0 Å². The van der Waals surface area contributed by atoms with Crippen molar-refractivity contribution < 1.29 is 15.0 Å². The summed E-state index contributed by atoms with van der Waals surface area (Å²) in [5, 5.41) is 21.0. The van der Waals surface area contributed by atoms with Gasteiger partial charge in [0.15, 0.2) is 0 Å². The molecule has 0 bridgehead atoms. The van der Waals surface area contributed by atoms with E-state index in [1.165, 1.54) is 6.07 Å². The second-order valence-corrected chi connectivity index (χ2v) is 4.32. The zero-order valence-electron chi connectivity index (χ0n) is 11.6. The molecule has 0 saturated heterocycles. The lowest BCUT2D eigenvalue weighted by Crippen LogP contribution is -2.28. The number of H-pyrrole nitrogens is 1. The van der Waals surface area contributed by atoms with E-state index in [1.54, 1.807) is 12.3 Å². The molecule has 0 radical (unpaired) electrons. The molecule has 5 heteroatoms. The van der Waals surface area contributed by atoms with Crippen LogP contribution >= 0.6 is 0 Å². The zero-order valence-corrected chi connectivity index (χ0v) is 11.6. The first-order chi connectivity index (χ1) is 9.56. The van der Waals surface area contributed by atoms with Gasteiger partial charge >= 0.3 is 5.97 Å². The molecule has 4 N–H and O–H groups in total. The van der Waals surface area contributed by atoms with Gasteiger partial charge in [-0.2, -0.15) is 0 Å². The molecule has 1 heterocycles. The molecule has 0 spiro atoms. The summed E-state index contributed by atoms with van der Waals surface area (Å²) in [6.07, 6.45) is 1.15. The van der Waals surface area contributed by atoms with Gasteiger partial charge in [-0.05, 0) is 31.7 Å². The number of carbonyl (C=O) groups is 1. The third-order valence-corrected chi connectivity index (χ3v) is 2.90. The maximum atomic E-state index is 10.0. The Balaban J connectivity index is 0.000000217. The molecule has 0 aliphatic carbocycles. The number of carboxylic acid groups (broad SMARTS) is 1. The number of aliphatic hydroxyl groups excluding tert-OH is 1. The Morgan fingerprint density at radius 2 is 1.85 bits per heavy atom. The van der Waals surface area contributed by atoms with Crippen LogP contribution in [0.4, 0.5) is 0 Å². The van der Waals surface area contributed by atoms with Crippen LogP contribution in [0.15, 0.2) is 48.7 Å². The molecule has 2 unspecified atom stereocenters. The molecule has 20 heavy (non-hydrogen) atoms. The van der Waals surface area contributed by atoms with Crippen molar-refractivity contribution in [2.24, 2.45) is 0 Å². The largest absolute Gasteiger partial charge is 0.477 e. The highest BCUT2D eigenvalue weighted by atomic mass is 16.4. The second kappa shape index (κ2) is 8.14. The summed E-state index contributed by atoms with van der Waals surface area (Å²) in [6.45, 7) is 1.96. The van der Waals surface area contributed by atoms with Gasteiger partial charge in [-0.15, -0.1) is 0 Å². The first-order valence-electron chi connectivity index (χ1n) is 6.33. The van der Waals surface area contributed by atoms with Gasteiger partial charge in [0, 0.05) is 12.2 Å². The number of hydrogen-bond donors (Lipinski definition) is 4. The van der Waals surface area contributed by atoms with E-state index < -0.39 is 12.1 Å². The molecule has 2 atom stereocenters. The average Bonchev–Trinajstić information content (AvgIpc) is 3.02. The minimum Gasteiger partial charge on any atom is -0.477 e. The monoisotopic (exact) mass is 276 g/mol. The Hall–Kier alpha value is -2.11. The summed E-state index contributed by atoms with van der Waals surface area (Å²) in [5.41, 5.74) is 1.18. The van der Waals surface area contributed by atoms with Crippen LogP contribution in [0.2, 0.25) is 0 Å². The molecular formula is C15H20N2O3.